The van der Waals surface area contributed by atoms with Gasteiger partial charge in [-0.15, -0.1) is 0 Å². The molecular formula is C20H23N7O. The molecule has 0 spiro atoms. The van der Waals surface area contributed by atoms with Gasteiger partial charge in [-0.1, -0.05) is 6.07 Å². The number of hydrogen-bond donors (Lipinski definition) is 1. The summed E-state index contributed by atoms with van der Waals surface area (Å²) in [7, 11) is 2.14. The zero-order valence-corrected chi connectivity index (χ0v) is 15.8. The topological polar surface area (TPSA) is 79.2 Å². The van der Waals surface area contributed by atoms with Crippen LogP contribution >= 0.6 is 0 Å². The fourth-order valence-corrected chi connectivity index (χ4v) is 3.14. The van der Waals surface area contributed by atoms with Crippen LogP contribution in [0.5, 0.6) is 0 Å². The van der Waals surface area contributed by atoms with Crippen molar-refractivity contribution in [1.29, 1.82) is 0 Å². The lowest BCUT2D eigenvalue weighted by atomic mass is 10.2. The molecule has 28 heavy (non-hydrogen) atoms. The van der Waals surface area contributed by atoms with Crippen molar-refractivity contribution in [2.24, 2.45) is 0 Å². The summed E-state index contributed by atoms with van der Waals surface area (Å²) in [6.07, 6.45) is 4.93. The van der Waals surface area contributed by atoms with Crippen molar-refractivity contribution in [3.8, 4) is 5.69 Å². The van der Waals surface area contributed by atoms with Crippen LogP contribution in [-0.2, 0) is 6.54 Å². The first-order valence-corrected chi connectivity index (χ1v) is 9.31. The SMILES string of the molecule is CN1CCN(c2ccc(CNC(=O)c3ccc(-n4cncn4)cc3)cn2)CC1. The molecule has 8 heteroatoms. The molecule has 1 aliphatic heterocycles. The van der Waals surface area contributed by atoms with Gasteiger partial charge in [-0.05, 0) is 42.9 Å². The van der Waals surface area contributed by atoms with Gasteiger partial charge < -0.3 is 15.1 Å². The summed E-state index contributed by atoms with van der Waals surface area (Å²) in [5.74, 6) is 0.875. The number of piperazine rings is 1. The number of nitrogens with zero attached hydrogens (tertiary/aromatic N) is 6. The van der Waals surface area contributed by atoms with E-state index in [0.717, 1.165) is 43.2 Å². The van der Waals surface area contributed by atoms with E-state index >= 15 is 0 Å². The van der Waals surface area contributed by atoms with E-state index in [0.29, 0.717) is 12.1 Å². The molecule has 0 bridgehead atoms. The molecule has 0 saturated carbocycles. The predicted octanol–water partition coefficient (Wildman–Crippen LogP) is 1.34. The second-order valence-electron chi connectivity index (χ2n) is 6.88. The van der Waals surface area contributed by atoms with Crippen LogP contribution in [0.3, 0.4) is 0 Å². The minimum atomic E-state index is -0.117. The van der Waals surface area contributed by atoms with Gasteiger partial charge in [-0.2, -0.15) is 5.10 Å². The van der Waals surface area contributed by atoms with Crippen molar-refractivity contribution in [2.45, 2.75) is 6.54 Å². The number of likely N-dealkylation sites (N-methyl/N-ethyl adjacent to an activating group) is 1. The van der Waals surface area contributed by atoms with Gasteiger partial charge in [-0.3, -0.25) is 4.79 Å². The molecule has 0 unspecified atom stereocenters. The molecule has 1 saturated heterocycles. The maximum Gasteiger partial charge on any atom is 0.251 e. The van der Waals surface area contributed by atoms with Crippen molar-refractivity contribution in [3.63, 3.8) is 0 Å². The zero-order chi connectivity index (χ0) is 19.3. The van der Waals surface area contributed by atoms with E-state index in [2.05, 4.69) is 37.2 Å². The Hall–Kier alpha value is -3.26. The van der Waals surface area contributed by atoms with Crippen LogP contribution in [0.25, 0.3) is 5.69 Å². The van der Waals surface area contributed by atoms with Crippen LogP contribution in [0.1, 0.15) is 15.9 Å². The minimum Gasteiger partial charge on any atom is -0.354 e. The van der Waals surface area contributed by atoms with Crippen LogP contribution in [0.4, 0.5) is 5.82 Å². The maximum absolute atomic E-state index is 12.4. The molecular weight excluding hydrogens is 354 g/mol. The van der Waals surface area contributed by atoms with Crippen LogP contribution in [-0.4, -0.2) is 63.8 Å². The van der Waals surface area contributed by atoms with Gasteiger partial charge in [0.1, 0.15) is 18.5 Å². The third-order valence-electron chi connectivity index (χ3n) is 4.90. The number of aromatic nitrogens is 4. The van der Waals surface area contributed by atoms with Crippen molar-refractivity contribution < 1.29 is 4.79 Å². The highest BCUT2D eigenvalue weighted by molar-refractivity contribution is 5.94. The van der Waals surface area contributed by atoms with Crippen LogP contribution in [0, 0.1) is 0 Å². The summed E-state index contributed by atoms with van der Waals surface area (Å²) in [5.41, 5.74) is 2.44. The number of hydrogen-bond acceptors (Lipinski definition) is 6. The molecule has 3 heterocycles. The van der Waals surface area contributed by atoms with E-state index in [-0.39, 0.29) is 5.91 Å². The molecule has 1 fully saturated rings. The molecule has 0 radical (unpaired) electrons. The van der Waals surface area contributed by atoms with Crippen LogP contribution in [0.15, 0.2) is 55.2 Å². The normalized spacial score (nSPS) is 14.8. The molecule has 8 nitrogen and oxygen atoms in total. The minimum absolute atomic E-state index is 0.117. The van der Waals surface area contributed by atoms with Gasteiger partial charge in [0.15, 0.2) is 0 Å². The number of anilines is 1. The van der Waals surface area contributed by atoms with E-state index in [1.54, 1.807) is 23.1 Å². The second kappa shape index (κ2) is 8.18. The molecule has 0 atom stereocenters. The smallest absolute Gasteiger partial charge is 0.251 e. The number of amides is 1. The van der Waals surface area contributed by atoms with E-state index < -0.39 is 0 Å². The summed E-state index contributed by atoms with van der Waals surface area (Å²) >= 11 is 0. The Kier molecular flexibility index (Phi) is 5.29. The number of nitrogens with one attached hydrogen (secondary N) is 1. The van der Waals surface area contributed by atoms with E-state index in [1.807, 2.05) is 30.5 Å². The van der Waals surface area contributed by atoms with Gasteiger partial charge in [0, 0.05) is 44.5 Å². The first-order chi connectivity index (χ1) is 13.7. The Morgan fingerprint density at radius 2 is 1.86 bits per heavy atom. The molecule has 4 rings (SSSR count). The number of carbonyl (C=O) groups excluding carboxylic acids is 1. The van der Waals surface area contributed by atoms with Gasteiger partial charge in [0.05, 0.1) is 5.69 Å². The molecule has 0 aliphatic carbocycles. The highest BCUT2D eigenvalue weighted by Crippen LogP contribution is 2.14. The van der Waals surface area contributed by atoms with Crippen LogP contribution in [0.2, 0.25) is 0 Å². The van der Waals surface area contributed by atoms with Crippen molar-refractivity contribution in [1.82, 2.24) is 30.0 Å². The lowest BCUT2D eigenvalue weighted by Gasteiger charge is -2.33. The molecule has 1 N–H and O–H groups in total. The quantitative estimate of drug-likeness (QED) is 0.723. The molecule has 1 aliphatic rings. The summed E-state index contributed by atoms with van der Waals surface area (Å²) < 4.78 is 1.65. The summed E-state index contributed by atoms with van der Waals surface area (Å²) in [6, 6.07) is 11.3. The average Bonchev–Trinajstić information content (AvgIpc) is 3.28. The lowest BCUT2D eigenvalue weighted by molar-refractivity contribution is 0.0951. The number of rotatable bonds is 5. The Labute approximate surface area is 163 Å². The standard InChI is InChI=1S/C20H23N7O/c1-25-8-10-26(11-9-25)19-7-2-16(12-22-19)13-23-20(28)17-3-5-18(6-4-17)27-15-21-14-24-27/h2-7,12,14-15H,8-11,13H2,1H3,(H,23,28). The largest absolute Gasteiger partial charge is 0.354 e. The Morgan fingerprint density at radius 1 is 1.07 bits per heavy atom. The highest BCUT2D eigenvalue weighted by atomic mass is 16.1. The van der Waals surface area contributed by atoms with Crippen molar-refractivity contribution in [3.05, 3.63) is 66.4 Å². The number of carbonyl (C=O) groups is 1. The number of pyridine rings is 1. The fraction of sp³-hybridized carbons (Fsp3) is 0.300. The van der Waals surface area contributed by atoms with Gasteiger partial charge in [0.2, 0.25) is 0 Å². The van der Waals surface area contributed by atoms with E-state index in [4.69, 9.17) is 0 Å². The zero-order valence-electron chi connectivity index (χ0n) is 15.8. The molecule has 1 aromatic carbocycles. The Morgan fingerprint density at radius 3 is 2.50 bits per heavy atom. The first-order valence-electron chi connectivity index (χ1n) is 9.31. The van der Waals surface area contributed by atoms with Crippen LogP contribution < -0.4 is 10.2 Å². The third-order valence-corrected chi connectivity index (χ3v) is 4.90. The first kappa shape index (κ1) is 18.1. The van der Waals surface area contributed by atoms with E-state index in [1.165, 1.54) is 6.33 Å². The van der Waals surface area contributed by atoms with Crippen molar-refractivity contribution in [2.75, 3.05) is 38.1 Å². The second-order valence-corrected chi connectivity index (χ2v) is 6.88. The fourth-order valence-electron chi connectivity index (χ4n) is 3.14. The molecule has 1 amide bonds. The highest BCUT2D eigenvalue weighted by Gasteiger charge is 2.15. The monoisotopic (exact) mass is 377 g/mol. The molecule has 144 valence electrons. The van der Waals surface area contributed by atoms with E-state index in [9.17, 15) is 4.79 Å². The lowest BCUT2D eigenvalue weighted by Crippen LogP contribution is -2.44. The molecule has 2 aromatic heterocycles. The average molecular weight is 377 g/mol. The predicted molar refractivity (Wildman–Crippen MR) is 106 cm³/mol. The molecule has 3 aromatic rings. The number of benzene rings is 1. The van der Waals surface area contributed by atoms with Gasteiger partial charge in [-0.25, -0.2) is 14.6 Å². The van der Waals surface area contributed by atoms with Gasteiger partial charge >= 0.3 is 0 Å². The van der Waals surface area contributed by atoms with Gasteiger partial charge in [0.25, 0.3) is 5.91 Å². The summed E-state index contributed by atoms with van der Waals surface area (Å²) in [4.78, 5) is 25.5. The van der Waals surface area contributed by atoms with Crippen molar-refractivity contribution >= 4 is 11.7 Å². The Balaban J connectivity index is 1.32. The Bertz CT molecular complexity index is 899. The third kappa shape index (κ3) is 4.17. The summed E-state index contributed by atoms with van der Waals surface area (Å²) in [5, 5.41) is 7.01. The maximum atomic E-state index is 12.4. The summed E-state index contributed by atoms with van der Waals surface area (Å²) in [6.45, 7) is 4.53.